The Bertz CT molecular complexity index is 754. The van der Waals surface area contributed by atoms with E-state index in [1.54, 1.807) is 13.1 Å². The lowest BCUT2D eigenvalue weighted by Gasteiger charge is -2.16. The van der Waals surface area contributed by atoms with Gasteiger partial charge in [0.05, 0.1) is 17.1 Å². The minimum Gasteiger partial charge on any atom is -0.508 e. The molecule has 3 rings (SSSR count). The van der Waals surface area contributed by atoms with Crippen LogP contribution in [0.1, 0.15) is 19.0 Å². The third-order valence-corrected chi connectivity index (χ3v) is 3.63. The summed E-state index contributed by atoms with van der Waals surface area (Å²) >= 11 is 0. The van der Waals surface area contributed by atoms with Gasteiger partial charge in [0, 0.05) is 13.1 Å². The molecule has 1 aliphatic heterocycles. The van der Waals surface area contributed by atoms with Crippen molar-refractivity contribution in [2.24, 2.45) is 7.05 Å². The lowest BCUT2D eigenvalue weighted by Crippen LogP contribution is -2.44. The summed E-state index contributed by atoms with van der Waals surface area (Å²) in [6, 6.07) is 4.45. The van der Waals surface area contributed by atoms with Gasteiger partial charge in [0.1, 0.15) is 5.75 Å². The summed E-state index contributed by atoms with van der Waals surface area (Å²) in [5.74, 6) is 0.0404. The highest BCUT2D eigenvalue weighted by Crippen LogP contribution is 2.17. The van der Waals surface area contributed by atoms with E-state index in [-0.39, 0.29) is 23.2 Å². The Balaban J connectivity index is 2.38. The molecule has 0 aliphatic carbocycles. The molecule has 0 saturated carbocycles. The maximum absolute atomic E-state index is 12.4. The summed E-state index contributed by atoms with van der Waals surface area (Å²) in [6.45, 7) is 0.813. The Labute approximate surface area is 108 Å². The number of phenols is 1. The van der Waals surface area contributed by atoms with Crippen LogP contribution in [0, 0.1) is 0 Å². The number of nitrogens with zero attached hydrogens (tertiary/aromatic N) is 2. The maximum Gasteiger partial charge on any atom is 0.332 e. The monoisotopic (exact) mass is 261 g/mol. The van der Waals surface area contributed by atoms with E-state index in [0.29, 0.717) is 10.9 Å². The summed E-state index contributed by atoms with van der Waals surface area (Å²) < 4.78 is 2.67. The molecule has 100 valence electrons. The standard InChI is InChI=1S/C13H15N3O3/c1-15-10-7-8(17)4-5-9(10)12(18)16(13(15)19)11-3-2-6-14-11/h4-5,7,11,14,17H,2-3,6H2,1H3. The number of rotatable bonds is 1. The quantitative estimate of drug-likeness (QED) is 0.773. The smallest absolute Gasteiger partial charge is 0.332 e. The minimum atomic E-state index is -0.359. The zero-order valence-electron chi connectivity index (χ0n) is 10.6. The average Bonchev–Trinajstić information content (AvgIpc) is 2.90. The van der Waals surface area contributed by atoms with Crippen LogP contribution >= 0.6 is 0 Å². The fourth-order valence-corrected chi connectivity index (χ4v) is 2.62. The van der Waals surface area contributed by atoms with Crippen molar-refractivity contribution < 1.29 is 5.11 Å². The highest BCUT2D eigenvalue weighted by atomic mass is 16.3. The molecule has 1 aromatic carbocycles. The van der Waals surface area contributed by atoms with Crippen molar-refractivity contribution in [3.8, 4) is 5.75 Å². The summed E-state index contributed by atoms with van der Waals surface area (Å²) in [7, 11) is 1.61. The third kappa shape index (κ3) is 1.76. The normalized spacial score (nSPS) is 19.1. The van der Waals surface area contributed by atoms with Gasteiger partial charge in [0.15, 0.2) is 0 Å². The Morgan fingerprint density at radius 2 is 2.16 bits per heavy atom. The second kappa shape index (κ2) is 4.24. The van der Waals surface area contributed by atoms with Crippen molar-refractivity contribution in [1.29, 1.82) is 0 Å². The van der Waals surface area contributed by atoms with Crippen LogP contribution in [0.25, 0.3) is 10.9 Å². The molecule has 1 saturated heterocycles. The number of hydrogen-bond donors (Lipinski definition) is 2. The van der Waals surface area contributed by atoms with Gasteiger partial charge in [0.2, 0.25) is 0 Å². The molecule has 2 aromatic rings. The van der Waals surface area contributed by atoms with Crippen molar-refractivity contribution in [3.05, 3.63) is 39.0 Å². The van der Waals surface area contributed by atoms with E-state index in [4.69, 9.17) is 0 Å². The Hall–Kier alpha value is -2.08. The lowest BCUT2D eigenvalue weighted by atomic mass is 10.2. The molecule has 6 heteroatoms. The van der Waals surface area contributed by atoms with Gasteiger partial charge in [-0.3, -0.25) is 14.7 Å². The average molecular weight is 261 g/mol. The highest BCUT2D eigenvalue weighted by molar-refractivity contribution is 5.79. The first kappa shape index (κ1) is 12.0. The van der Waals surface area contributed by atoms with E-state index in [9.17, 15) is 14.7 Å². The van der Waals surface area contributed by atoms with Crippen LogP contribution in [0.4, 0.5) is 0 Å². The first-order valence-corrected chi connectivity index (χ1v) is 6.27. The van der Waals surface area contributed by atoms with Crippen molar-refractivity contribution in [2.75, 3.05) is 6.54 Å². The maximum atomic E-state index is 12.4. The van der Waals surface area contributed by atoms with Gasteiger partial charge in [-0.2, -0.15) is 0 Å². The summed E-state index contributed by atoms with van der Waals surface area (Å²) in [6.07, 6.45) is 1.50. The van der Waals surface area contributed by atoms with Crippen molar-refractivity contribution in [3.63, 3.8) is 0 Å². The fourth-order valence-electron chi connectivity index (χ4n) is 2.62. The van der Waals surface area contributed by atoms with E-state index in [1.165, 1.54) is 21.3 Å². The number of phenolic OH excluding ortho intramolecular Hbond substituents is 1. The molecule has 0 bridgehead atoms. The van der Waals surface area contributed by atoms with Crippen LogP contribution in [0.15, 0.2) is 27.8 Å². The molecule has 6 nitrogen and oxygen atoms in total. The van der Waals surface area contributed by atoms with Crippen LogP contribution in [0.5, 0.6) is 5.75 Å². The van der Waals surface area contributed by atoms with Crippen molar-refractivity contribution in [1.82, 2.24) is 14.5 Å². The van der Waals surface area contributed by atoms with Gasteiger partial charge in [-0.1, -0.05) is 0 Å². The Morgan fingerprint density at radius 1 is 1.37 bits per heavy atom. The second-order valence-corrected chi connectivity index (χ2v) is 4.83. The minimum absolute atomic E-state index is 0.0404. The summed E-state index contributed by atoms with van der Waals surface area (Å²) in [4.78, 5) is 24.7. The van der Waals surface area contributed by atoms with Gasteiger partial charge < -0.3 is 5.11 Å². The van der Waals surface area contributed by atoms with Gasteiger partial charge in [-0.15, -0.1) is 0 Å². The van der Waals surface area contributed by atoms with Gasteiger partial charge >= 0.3 is 5.69 Å². The molecule has 1 aliphatic rings. The molecular weight excluding hydrogens is 246 g/mol. The number of aryl methyl sites for hydroxylation is 1. The van der Waals surface area contributed by atoms with E-state index in [2.05, 4.69) is 5.32 Å². The van der Waals surface area contributed by atoms with Gasteiger partial charge in [0.25, 0.3) is 5.56 Å². The molecule has 0 amide bonds. The molecule has 1 aromatic heterocycles. The molecule has 1 fully saturated rings. The molecule has 19 heavy (non-hydrogen) atoms. The van der Waals surface area contributed by atoms with E-state index in [0.717, 1.165) is 19.4 Å². The van der Waals surface area contributed by atoms with Crippen molar-refractivity contribution in [2.45, 2.75) is 19.0 Å². The van der Waals surface area contributed by atoms with Gasteiger partial charge in [-0.05, 0) is 31.5 Å². The molecule has 1 atom stereocenters. The molecule has 0 radical (unpaired) electrons. The first-order chi connectivity index (χ1) is 9.09. The van der Waals surface area contributed by atoms with Crippen molar-refractivity contribution >= 4 is 10.9 Å². The summed E-state index contributed by atoms with van der Waals surface area (Å²) in [5.41, 5.74) is -0.218. The highest BCUT2D eigenvalue weighted by Gasteiger charge is 2.21. The third-order valence-electron chi connectivity index (χ3n) is 3.63. The number of hydrogen-bond acceptors (Lipinski definition) is 4. The molecular formula is C13H15N3O3. The van der Waals surface area contributed by atoms with Gasteiger partial charge in [-0.25, -0.2) is 9.36 Å². The number of aromatic hydroxyl groups is 1. The summed E-state index contributed by atoms with van der Waals surface area (Å²) in [5, 5.41) is 13.1. The van der Waals surface area contributed by atoms with Crippen LogP contribution in [0.2, 0.25) is 0 Å². The lowest BCUT2D eigenvalue weighted by molar-refractivity contribution is 0.429. The first-order valence-electron chi connectivity index (χ1n) is 6.27. The van der Waals surface area contributed by atoms with Crippen LogP contribution < -0.4 is 16.6 Å². The van der Waals surface area contributed by atoms with Crippen LogP contribution in [-0.4, -0.2) is 20.8 Å². The SMILES string of the molecule is Cn1c(=O)n(C2CCCN2)c(=O)c2ccc(O)cc21. The Morgan fingerprint density at radius 3 is 2.84 bits per heavy atom. The molecule has 1 unspecified atom stereocenters. The zero-order chi connectivity index (χ0) is 13.6. The predicted octanol–water partition coefficient (Wildman–Crippen LogP) is 0.288. The van der Waals surface area contributed by atoms with E-state index >= 15 is 0 Å². The number of nitrogens with one attached hydrogen (secondary N) is 1. The van der Waals surface area contributed by atoms with Crippen LogP contribution in [0.3, 0.4) is 0 Å². The zero-order valence-corrected chi connectivity index (χ0v) is 10.6. The molecule has 2 N–H and O–H groups in total. The predicted molar refractivity (Wildman–Crippen MR) is 71.4 cm³/mol. The van der Waals surface area contributed by atoms with Crippen LogP contribution in [-0.2, 0) is 7.05 Å². The number of aromatic nitrogens is 2. The fraction of sp³-hybridized carbons (Fsp3) is 0.385. The largest absolute Gasteiger partial charge is 0.508 e. The second-order valence-electron chi connectivity index (χ2n) is 4.83. The van der Waals surface area contributed by atoms with E-state index in [1.807, 2.05) is 0 Å². The molecule has 0 spiro atoms. The number of fused-ring (bicyclic) bond motifs is 1. The topological polar surface area (TPSA) is 76.3 Å². The number of benzene rings is 1. The molecule has 2 heterocycles. The van der Waals surface area contributed by atoms with E-state index < -0.39 is 0 Å². The Kier molecular flexibility index (Phi) is 2.67.